The van der Waals surface area contributed by atoms with E-state index in [9.17, 15) is 4.79 Å². The molecule has 1 amide bonds. The van der Waals surface area contributed by atoms with Gasteiger partial charge in [-0.1, -0.05) is 53.2 Å². The SMILES string of the molecule is Nn1c(SCC(=O)NCc2ccc(Cl)cc2Cl)nnc1[C@@H]1COc2ccccc2O1. The monoisotopic (exact) mass is 465 g/mol. The van der Waals surface area contributed by atoms with Crippen molar-refractivity contribution in [2.75, 3.05) is 18.2 Å². The van der Waals surface area contributed by atoms with Crippen LogP contribution in [-0.2, 0) is 11.3 Å². The van der Waals surface area contributed by atoms with Gasteiger partial charge in [0, 0.05) is 16.6 Å². The first-order valence-corrected chi connectivity index (χ1v) is 10.7. The number of para-hydroxylation sites is 2. The maximum absolute atomic E-state index is 12.2. The summed E-state index contributed by atoms with van der Waals surface area (Å²) in [6.07, 6.45) is -0.493. The van der Waals surface area contributed by atoms with Crippen LogP contribution in [0.3, 0.4) is 0 Å². The van der Waals surface area contributed by atoms with Crippen LogP contribution in [0.15, 0.2) is 47.6 Å². The number of nitrogens with zero attached hydrogens (tertiary/aromatic N) is 3. The van der Waals surface area contributed by atoms with E-state index in [2.05, 4.69) is 15.5 Å². The Morgan fingerprint density at radius 1 is 1.23 bits per heavy atom. The molecule has 30 heavy (non-hydrogen) atoms. The molecule has 1 aliphatic rings. The van der Waals surface area contributed by atoms with Gasteiger partial charge in [-0.3, -0.25) is 4.79 Å². The Morgan fingerprint density at radius 3 is 2.83 bits per heavy atom. The Bertz CT molecular complexity index is 1080. The molecule has 11 heteroatoms. The summed E-state index contributed by atoms with van der Waals surface area (Å²) in [5.41, 5.74) is 0.776. The van der Waals surface area contributed by atoms with Crippen molar-refractivity contribution in [2.45, 2.75) is 17.8 Å². The number of hydrogen-bond donors (Lipinski definition) is 2. The van der Waals surface area contributed by atoms with Crippen molar-refractivity contribution < 1.29 is 14.3 Å². The van der Waals surface area contributed by atoms with Gasteiger partial charge in [-0.05, 0) is 29.8 Å². The molecule has 8 nitrogen and oxygen atoms in total. The van der Waals surface area contributed by atoms with Crippen molar-refractivity contribution in [2.24, 2.45) is 0 Å². The maximum atomic E-state index is 12.2. The van der Waals surface area contributed by atoms with Gasteiger partial charge in [0.25, 0.3) is 0 Å². The fraction of sp³-hybridized carbons (Fsp3) is 0.211. The third-order valence-electron chi connectivity index (χ3n) is 4.31. The number of nitrogens with two attached hydrogens (primary N) is 1. The molecule has 0 bridgehead atoms. The first kappa shape index (κ1) is 20.6. The van der Waals surface area contributed by atoms with Crippen LogP contribution >= 0.6 is 35.0 Å². The highest BCUT2D eigenvalue weighted by Gasteiger charge is 2.28. The van der Waals surface area contributed by atoms with E-state index in [-0.39, 0.29) is 18.3 Å². The van der Waals surface area contributed by atoms with E-state index in [4.69, 9.17) is 38.5 Å². The van der Waals surface area contributed by atoms with Crippen molar-refractivity contribution in [3.05, 3.63) is 63.9 Å². The number of ether oxygens (including phenoxy) is 2. The lowest BCUT2D eigenvalue weighted by molar-refractivity contribution is -0.118. The number of amides is 1. The number of carbonyl (C=O) groups is 1. The normalized spacial score (nSPS) is 15.1. The third-order valence-corrected chi connectivity index (χ3v) is 5.84. The van der Waals surface area contributed by atoms with E-state index in [1.807, 2.05) is 24.3 Å². The first-order chi connectivity index (χ1) is 14.5. The van der Waals surface area contributed by atoms with Crippen LogP contribution in [-0.4, -0.2) is 33.1 Å². The molecule has 0 spiro atoms. The highest BCUT2D eigenvalue weighted by Crippen LogP contribution is 2.35. The summed E-state index contributed by atoms with van der Waals surface area (Å²) in [4.78, 5) is 12.2. The van der Waals surface area contributed by atoms with Crippen LogP contribution in [0.25, 0.3) is 0 Å². The number of hydrogen-bond acceptors (Lipinski definition) is 7. The molecule has 3 N–H and O–H groups in total. The topological polar surface area (TPSA) is 104 Å². The highest BCUT2D eigenvalue weighted by molar-refractivity contribution is 7.99. The lowest BCUT2D eigenvalue weighted by Crippen LogP contribution is -2.28. The molecule has 2 heterocycles. The fourth-order valence-electron chi connectivity index (χ4n) is 2.79. The van der Waals surface area contributed by atoms with Crippen LogP contribution in [0.2, 0.25) is 10.0 Å². The van der Waals surface area contributed by atoms with Crippen molar-refractivity contribution >= 4 is 40.9 Å². The largest absolute Gasteiger partial charge is 0.485 e. The Kier molecular flexibility index (Phi) is 6.21. The van der Waals surface area contributed by atoms with Gasteiger partial charge in [0.1, 0.15) is 6.61 Å². The zero-order chi connectivity index (χ0) is 21.1. The van der Waals surface area contributed by atoms with Crippen molar-refractivity contribution in [1.29, 1.82) is 0 Å². The molecule has 3 aromatic rings. The summed E-state index contributed by atoms with van der Waals surface area (Å²) in [5, 5.41) is 12.4. The van der Waals surface area contributed by atoms with Gasteiger partial charge in [0.05, 0.1) is 5.75 Å². The zero-order valence-electron chi connectivity index (χ0n) is 15.5. The molecular weight excluding hydrogens is 449 g/mol. The average molecular weight is 466 g/mol. The van der Waals surface area contributed by atoms with E-state index in [0.29, 0.717) is 39.1 Å². The summed E-state index contributed by atoms with van der Waals surface area (Å²) in [7, 11) is 0. The number of carbonyl (C=O) groups excluding carboxylic acids is 1. The number of thioether (sulfide) groups is 1. The lowest BCUT2D eigenvalue weighted by atomic mass is 10.2. The third kappa shape index (κ3) is 4.58. The van der Waals surface area contributed by atoms with Crippen LogP contribution in [0.5, 0.6) is 11.5 Å². The number of rotatable bonds is 6. The summed E-state index contributed by atoms with van der Waals surface area (Å²) in [6.45, 7) is 0.558. The van der Waals surface area contributed by atoms with Crippen LogP contribution in [0.4, 0.5) is 0 Å². The molecule has 4 rings (SSSR count). The van der Waals surface area contributed by atoms with Crippen molar-refractivity contribution in [3.8, 4) is 11.5 Å². The van der Waals surface area contributed by atoms with Gasteiger partial charge in [0.15, 0.2) is 23.4 Å². The molecule has 156 valence electrons. The van der Waals surface area contributed by atoms with E-state index in [1.165, 1.54) is 16.4 Å². The van der Waals surface area contributed by atoms with Gasteiger partial charge < -0.3 is 20.6 Å². The Morgan fingerprint density at radius 2 is 2.03 bits per heavy atom. The number of halogens is 2. The summed E-state index contributed by atoms with van der Waals surface area (Å²) in [5.74, 6) is 7.74. The van der Waals surface area contributed by atoms with Crippen LogP contribution in [0.1, 0.15) is 17.5 Å². The van der Waals surface area contributed by atoms with Crippen molar-refractivity contribution in [1.82, 2.24) is 20.2 Å². The van der Waals surface area contributed by atoms with Gasteiger partial charge >= 0.3 is 0 Å². The highest BCUT2D eigenvalue weighted by atomic mass is 35.5. The number of benzene rings is 2. The molecule has 0 fully saturated rings. The zero-order valence-corrected chi connectivity index (χ0v) is 17.9. The van der Waals surface area contributed by atoms with Crippen molar-refractivity contribution in [3.63, 3.8) is 0 Å². The second kappa shape index (κ2) is 9.03. The molecule has 1 aliphatic heterocycles. The minimum absolute atomic E-state index is 0.116. The molecule has 0 unspecified atom stereocenters. The molecular formula is C19H17Cl2N5O3S. The van der Waals surface area contributed by atoms with Gasteiger partial charge in [0.2, 0.25) is 11.1 Å². The van der Waals surface area contributed by atoms with Gasteiger partial charge in [-0.15, -0.1) is 10.2 Å². The number of nitrogens with one attached hydrogen (secondary N) is 1. The quantitative estimate of drug-likeness (QED) is 0.425. The Labute approximate surface area is 186 Å². The Hall–Kier alpha value is -2.62. The van der Waals surface area contributed by atoms with Gasteiger partial charge in [-0.2, -0.15) is 0 Å². The summed E-state index contributed by atoms with van der Waals surface area (Å²) in [6, 6.07) is 12.5. The molecule has 0 saturated carbocycles. The summed E-state index contributed by atoms with van der Waals surface area (Å²) < 4.78 is 12.9. The standard InChI is InChI=1S/C19H17Cl2N5O3S/c20-12-6-5-11(13(21)7-12)8-23-17(27)10-30-19-25-24-18(26(19)22)16-9-28-14-3-1-2-4-15(14)29-16/h1-7,16H,8-10,22H2,(H,23,27)/t16-/m0/s1. The summed E-state index contributed by atoms with van der Waals surface area (Å²) >= 11 is 13.2. The smallest absolute Gasteiger partial charge is 0.230 e. The predicted octanol–water partition coefficient (Wildman–Crippen LogP) is 3.22. The Balaban J connectivity index is 1.33. The second-order valence-electron chi connectivity index (χ2n) is 6.38. The average Bonchev–Trinajstić information content (AvgIpc) is 3.11. The van der Waals surface area contributed by atoms with E-state index >= 15 is 0 Å². The van der Waals surface area contributed by atoms with Crippen LogP contribution in [0, 0.1) is 0 Å². The number of aromatic nitrogens is 3. The minimum Gasteiger partial charge on any atom is -0.485 e. The lowest BCUT2D eigenvalue weighted by Gasteiger charge is -2.25. The number of nitrogen functional groups attached to an aromatic ring is 1. The minimum atomic E-state index is -0.493. The molecule has 0 radical (unpaired) electrons. The van der Waals surface area contributed by atoms with Crippen LogP contribution < -0.4 is 20.6 Å². The fourth-order valence-corrected chi connectivity index (χ4v) is 3.96. The molecule has 0 saturated heterocycles. The molecule has 2 aromatic carbocycles. The van der Waals surface area contributed by atoms with E-state index < -0.39 is 6.10 Å². The predicted molar refractivity (Wildman–Crippen MR) is 115 cm³/mol. The maximum Gasteiger partial charge on any atom is 0.230 e. The molecule has 0 aliphatic carbocycles. The molecule has 1 aromatic heterocycles. The van der Waals surface area contributed by atoms with E-state index in [1.54, 1.807) is 18.2 Å². The van der Waals surface area contributed by atoms with E-state index in [0.717, 1.165) is 5.56 Å². The van der Waals surface area contributed by atoms with Gasteiger partial charge in [-0.25, -0.2) is 4.68 Å². The first-order valence-electron chi connectivity index (χ1n) is 8.93. The number of fused-ring (bicyclic) bond motifs is 1. The molecule has 1 atom stereocenters. The second-order valence-corrected chi connectivity index (χ2v) is 8.16.